The first-order chi connectivity index (χ1) is 10.1. The van der Waals surface area contributed by atoms with Gasteiger partial charge in [0.2, 0.25) is 0 Å². The monoisotopic (exact) mass is 302 g/mol. The molecule has 0 saturated heterocycles. The van der Waals surface area contributed by atoms with Gasteiger partial charge in [0.15, 0.2) is 11.1 Å². The van der Waals surface area contributed by atoms with Crippen molar-refractivity contribution in [3.8, 4) is 0 Å². The zero-order valence-electron chi connectivity index (χ0n) is 12.5. The van der Waals surface area contributed by atoms with Crippen LogP contribution in [0.15, 0.2) is 47.5 Å². The lowest BCUT2D eigenvalue weighted by atomic mass is 10.1. The number of fused-ring (bicyclic) bond motifs is 1. The predicted octanol–water partition coefficient (Wildman–Crippen LogP) is 3.70. The van der Waals surface area contributed by atoms with E-state index in [1.807, 2.05) is 12.1 Å². The molecule has 0 aromatic heterocycles. The summed E-state index contributed by atoms with van der Waals surface area (Å²) in [4.78, 5) is 3.67. The van der Waals surface area contributed by atoms with Gasteiger partial charge < -0.3 is 11.5 Å². The molecule has 0 fully saturated rings. The molecule has 0 atom stereocenters. The van der Waals surface area contributed by atoms with E-state index in [0.29, 0.717) is 5.75 Å². The number of nitrogens with zero attached hydrogens (tertiary/aromatic N) is 1. The van der Waals surface area contributed by atoms with E-state index in [1.54, 1.807) is 0 Å². The van der Waals surface area contributed by atoms with E-state index in [1.165, 1.54) is 29.0 Å². The lowest BCUT2D eigenvalue weighted by Crippen LogP contribution is -2.23. The van der Waals surface area contributed by atoms with Crippen LogP contribution in [0.3, 0.4) is 0 Å². The highest BCUT2D eigenvalue weighted by atomic mass is 32.2. The number of nitrogens with one attached hydrogen (secondary N) is 1. The third-order valence-corrected chi connectivity index (χ3v) is 3.26. The maximum absolute atomic E-state index is 7.55. The number of hydrogen-bond donors (Lipinski definition) is 3. The maximum atomic E-state index is 7.55. The summed E-state index contributed by atoms with van der Waals surface area (Å²) in [7, 11) is 0. The molecule has 0 saturated carbocycles. The Morgan fingerprint density at radius 3 is 2.33 bits per heavy atom. The summed E-state index contributed by atoms with van der Waals surface area (Å²) in [6.07, 6.45) is 1.25. The molecule has 2 aromatic rings. The fourth-order valence-corrected chi connectivity index (χ4v) is 2.28. The average molecular weight is 302 g/mol. The summed E-state index contributed by atoms with van der Waals surface area (Å²) in [5, 5.41) is 10.1. The van der Waals surface area contributed by atoms with E-state index < -0.39 is 0 Å². The molecule has 2 rings (SSSR count). The number of aliphatic imine (C=N–C) groups is 1. The van der Waals surface area contributed by atoms with Crippen LogP contribution in [-0.2, 0) is 5.75 Å². The second-order valence-electron chi connectivity index (χ2n) is 4.52. The lowest BCUT2D eigenvalue weighted by molar-refractivity contribution is 1.09. The minimum Gasteiger partial charge on any atom is -0.370 e. The molecule has 4 nitrogen and oxygen atoms in total. The van der Waals surface area contributed by atoms with Gasteiger partial charge in [-0.25, -0.2) is 0 Å². The third kappa shape index (κ3) is 6.31. The number of hydrogen-bond acceptors (Lipinski definition) is 2. The Labute approximate surface area is 130 Å². The summed E-state index contributed by atoms with van der Waals surface area (Å²) in [5.74, 6) is 0.603. The number of rotatable bonds is 2. The first-order valence-electron chi connectivity index (χ1n) is 6.85. The highest BCUT2D eigenvalue weighted by Gasteiger charge is 2.00. The molecule has 21 heavy (non-hydrogen) atoms. The van der Waals surface area contributed by atoms with E-state index in [-0.39, 0.29) is 11.1 Å². The van der Waals surface area contributed by atoms with Crippen LogP contribution in [0.2, 0.25) is 0 Å². The van der Waals surface area contributed by atoms with Crippen LogP contribution < -0.4 is 11.5 Å². The average Bonchev–Trinajstić information content (AvgIpc) is 2.45. The van der Waals surface area contributed by atoms with Gasteiger partial charge in [-0.2, -0.15) is 4.99 Å². The summed E-state index contributed by atoms with van der Waals surface area (Å²) in [5.41, 5.74) is 11.6. The maximum Gasteiger partial charge on any atom is 0.193 e. The summed E-state index contributed by atoms with van der Waals surface area (Å²) < 4.78 is 0. The van der Waals surface area contributed by atoms with Crippen molar-refractivity contribution in [2.45, 2.75) is 26.0 Å². The molecule has 0 unspecified atom stereocenters. The van der Waals surface area contributed by atoms with E-state index in [2.05, 4.69) is 49.2 Å². The van der Waals surface area contributed by atoms with E-state index >= 15 is 0 Å². The molecule has 0 amide bonds. The zero-order valence-corrected chi connectivity index (χ0v) is 13.3. The standard InChI is InChI=1S/C13H14N4S.C3H8/c14-12(15)17-13(16)18-8-9-5-6-10-3-1-2-4-11(10)7-9;1-3-2/h1-7H,8H2,(H5,14,15,16,17);3H2,1-2H3. The Morgan fingerprint density at radius 1 is 1.10 bits per heavy atom. The number of benzene rings is 2. The molecular weight excluding hydrogens is 280 g/mol. The number of guanidine groups is 1. The van der Waals surface area contributed by atoms with Gasteiger partial charge in [0.1, 0.15) is 0 Å². The first-order valence-corrected chi connectivity index (χ1v) is 7.84. The zero-order chi connectivity index (χ0) is 15.7. The third-order valence-electron chi connectivity index (χ3n) is 2.42. The lowest BCUT2D eigenvalue weighted by Gasteiger charge is -2.03. The summed E-state index contributed by atoms with van der Waals surface area (Å²) in [6, 6.07) is 14.4. The fourth-order valence-electron chi connectivity index (χ4n) is 1.63. The van der Waals surface area contributed by atoms with Crippen molar-refractivity contribution >= 4 is 33.7 Å². The van der Waals surface area contributed by atoms with Gasteiger partial charge in [0, 0.05) is 5.75 Å². The second kappa shape index (κ2) is 9.02. The molecule has 0 spiro atoms. The molecule has 112 valence electrons. The minimum absolute atomic E-state index is 0.0778. The van der Waals surface area contributed by atoms with Gasteiger partial charge in [-0.3, -0.25) is 5.41 Å². The van der Waals surface area contributed by atoms with Gasteiger partial charge in [-0.1, -0.05) is 74.5 Å². The Hall–Kier alpha value is -2.01. The van der Waals surface area contributed by atoms with Crippen LogP contribution in [0.25, 0.3) is 10.8 Å². The second-order valence-corrected chi connectivity index (χ2v) is 5.48. The normalized spacial score (nSPS) is 9.62. The number of nitrogens with two attached hydrogens (primary N) is 2. The topological polar surface area (TPSA) is 88.2 Å². The van der Waals surface area contributed by atoms with Gasteiger partial charge in [-0.15, -0.1) is 0 Å². The van der Waals surface area contributed by atoms with Crippen LogP contribution in [0.4, 0.5) is 0 Å². The van der Waals surface area contributed by atoms with E-state index in [4.69, 9.17) is 16.9 Å². The van der Waals surface area contributed by atoms with Gasteiger partial charge in [0.25, 0.3) is 0 Å². The molecule has 5 heteroatoms. The Balaban J connectivity index is 0.000000677. The largest absolute Gasteiger partial charge is 0.370 e. The van der Waals surface area contributed by atoms with Crippen LogP contribution in [0, 0.1) is 5.41 Å². The first kappa shape index (κ1) is 17.0. The van der Waals surface area contributed by atoms with E-state index in [9.17, 15) is 0 Å². The van der Waals surface area contributed by atoms with Crippen LogP contribution in [-0.4, -0.2) is 11.1 Å². The molecule has 5 N–H and O–H groups in total. The molecular formula is C16H22N4S. The van der Waals surface area contributed by atoms with Crippen molar-refractivity contribution in [1.82, 2.24) is 0 Å². The molecule has 0 aliphatic carbocycles. The molecule has 0 aliphatic rings. The van der Waals surface area contributed by atoms with Crippen molar-refractivity contribution in [1.29, 1.82) is 5.41 Å². The molecule has 0 radical (unpaired) electrons. The van der Waals surface area contributed by atoms with Gasteiger partial charge >= 0.3 is 0 Å². The highest BCUT2D eigenvalue weighted by Crippen LogP contribution is 2.19. The quantitative estimate of drug-likeness (QED) is 0.584. The Morgan fingerprint density at radius 2 is 1.71 bits per heavy atom. The van der Waals surface area contributed by atoms with Crippen molar-refractivity contribution in [3.05, 3.63) is 48.0 Å². The Kier molecular flexibility index (Phi) is 7.32. The van der Waals surface area contributed by atoms with Crippen LogP contribution in [0.1, 0.15) is 25.8 Å². The molecule has 0 heterocycles. The van der Waals surface area contributed by atoms with Crippen molar-refractivity contribution in [2.24, 2.45) is 16.5 Å². The molecule has 0 bridgehead atoms. The summed E-state index contributed by atoms with van der Waals surface area (Å²) in [6.45, 7) is 4.25. The summed E-state index contributed by atoms with van der Waals surface area (Å²) >= 11 is 1.30. The predicted molar refractivity (Wildman–Crippen MR) is 94.7 cm³/mol. The van der Waals surface area contributed by atoms with Crippen LogP contribution in [0.5, 0.6) is 0 Å². The van der Waals surface area contributed by atoms with Crippen molar-refractivity contribution in [2.75, 3.05) is 0 Å². The Bertz CT molecular complexity index is 618. The SMILES string of the molecule is CCC.N=C(N=C(N)N)SCc1ccc2ccccc2c1. The van der Waals surface area contributed by atoms with Crippen LogP contribution >= 0.6 is 11.8 Å². The molecule has 2 aromatic carbocycles. The molecule has 0 aliphatic heterocycles. The van der Waals surface area contributed by atoms with Crippen molar-refractivity contribution < 1.29 is 0 Å². The van der Waals surface area contributed by atoms with E-state index in [0.717, 1.165) is 5.56 Å². The minimum atomic E-state index is -0.0778. The number of amidine groups is 1. The highest BCUT2D eigenvalue weighted by molar-refractivity contribution is 8.13. The van der Waals surface area contributed by atoms with Crippen molar-refractivity contribution in [3.63, 3.8) is 0 Å². The number of thioether (sulfide) groups is 1. The smallest absolute Gasteiger partial charge is 0.193 e. The fraction of sp³-hybridized carbons (Fsp3) is 0.250. The van der Waals surface area contributed by atoms with Gasteiger partial charge in [0.05, 0.1) is 0 Å². The van der Waals surface area contributed by atoms with Gasteiger partial charge in [-0.05, 0) is 16.3 Å².